The van der Waals surface area contributed by atoms with Crippen LogP contribution >= 0.6 is 0 Å². The van der Waals surface area contributed by atoms with Gasteiger partial charge in [-0.1, -0.05) is 18.2 Å². The van der Waals surface area contributed by atoms with Crippen molar-refractivity contribution in [3.63, 3.8) is 0 Å². The Kier molecular flexibility index (Phi) is 6.05. The van der Waals surface area contributed by atoms with Gasteiger partial charge in [0, 0.05) is 0 Å². The van der Waals surface area contributed by atoms with Crippen LogP contribution in [-0.4, -0.2) is 27.9 Å². The normalized spacial score (nSPS) is 11.0. The molecule has 0 unspecified atom stereocenters. The highest BCUT2D eigenvalue weighted by Gasteiger charge is 2.12. The maximum absolute atomic E-state index is 12.2. The van der Waals surface area contributed by atoms with E-state index in [-0.39, 0.29) is 11.4 Å². The molecule has 2 aromatic carbocycles. The van der Waals surface area contributed by atoms with E-state index in [1.54, 1.807) is 30.3 Å². The average molecular weight is 351 g/mol. The van der Waals surface area contributed by atoms with Gasteiger partial charge in [-0.2, -0.15) is 8.78 Å². The molecule has 0 heterocycles. The zero-order valence-corrected chi connectivity index (χ0v) is 14.1. The Bertz CT molecular complexity index is 738. The van der Waals surface area contributed by atoms with Crippen LogP contribution in [-0.2, 0) is 0 Å². The van der Waals surface area contributed by atoms with Gasteiger partial charge in [-0.25, -0.2) is 0 Å². The standard InChI is InChI=1S/C18H19F2NO4/c1-22-15-9-12(10-16(23-2)17(15)24-3)5-4-11-6-7-14(13(21)8-11)25-18(19)20/h4-10,18H,21H2,1-3H3/b5-4-. The lowest BCUT2D eigenvalue weighted by Crippen LogP contribution is -2.04. The van der Waals surface area contributed by atoms with E-state index in [1.165, 1.54) is 27.4 Å². The molecule has 7 heteroatoms. The number of rotatable bonds is 7. The van der Waals surface area contributed by atoms with Crippen molar-refractivity contribution in [3.05, 3.63) is 41.5 Å². The van der Waals surface area contributed by atoms with E-state index < -0.39 is 6.61 Å². The zero-order valence-electron chi connectivity index (χ0n) is 14.1. The minimum Gasteiger partial charge on any atom is -0.493 e. The molecule has 25 heavy (non-hydrogen) atoms. The molecule has 0 bridgehead atoms. The number of benzene rings is 2. The summed E-state index contributed by atoms with van der Waals surface area (Å²) in [4.78, 5) is 0. The van der Waals surface area contributed by atoms with Crippen LogP contribution in [0, 0.1) is 0 Å². The Morgan fingerprint density at radius 2 is 1.44 bits per heavy atom. The van der Waals surface area contributed by atoms with Crippen molar-refractivity contribution < 1.29 is 27.7 Å². The van der Waals surface area contributed by atoms with Crippen LogP contribution in [0.4, 0.5) is 14.5 Å². The summed E-state index contributed by atoms with van der Waals surface area (Å²) in [6, 6.07) is 8.15. The Morgan fingerprint density at radius 3 is 1.92 bits per heavy atom. The van der Waals surface area contributed by atoms with Crippen molar-refractivity contribution in [2.45, 2.75) is 6.61 Å². The van der Waals surface area contributed by atoms with Crippen LogP contribution in [0.15, 0.2) is 30.3 Å². The third-order valence-corrected chi connectivity index (χ3v) is 3.41. The van der Waals surface area contributed by atoms with Gasteiger partial charge in [-0.05, 0) is 35.4 Å². The number of hydrogen-bond donors (Lipinski definition) is 1. The summed E-state index contributed by atoms with van der Waals surface area (Å²) in [5, 5.41) is 0. The third-order valence-electron chi connectivity index (χ3n) is 3.41. The van der Waals surface area contributed by atoms with Crippen molar-refractivity contribution in [3.8, 4) is 23.0 Å². The van der Waals surface area contributed by atoms with E-state index in [1.807, 2.05) is 6.08 Å². The Balaban J connectivity index is 2.28. The minimum atomic E-state index is -2.91. The predicted octanol–water partition coefficient (Wildman–Crippen LogP) is 4.07. The molecule has 5 nitrogen and oxygen atoms in total. The lowest BCUT2D eigenvalue weighted by atomic mass is 10.1. The van der Waals surface area contributed by atoms with Crippen molar-refractivity contribution in [2.24, 2.45) is 0 Å². The second-order valence-corrected chi connectivity index (χ2v) is 4.97. The van der Waals surface area contributed by atoms with E-state index in [0.29, 0.717) is 17.2 Å². The van der Waals surface area contributed by atoms with Gasteiger partial charge in [-0.15, -0.1) is 0 Å². The molecule has 0 saturated heterocycles. The number of methoxy groups -OCH3 is 3. The topological polar surface area (TPSA) is 62.9 Å². The number of alkyl halides is 2. The highest BCUT2D eigenvalue weighted by molar-refractivity contribution is 5.74. The smallest absolute Gasteiger partial charge is 0.387 e. The number of halogens is 2. The molecule has 0 saturated carbocycles. The summed E-state index contributed by atoms with van der Waals surface area (Å²) in [6.07, 6.45) is 3.59. The maximum atomic E-state index is 12.2. The fourth-order valence-electron chi connectivity index (χ4n) is 2.26. The molecule has 0 fully saturated rings. The minimum absolute atomic E-state index is 0.0556. The summed E-state index contributed by atoms with van der Waals surface area (Å²) >= 11 is 0. The van der Waals surface area contributed by atoms with E-state index in [4.69, 9.17) is 19.9 Å². The first-order chi connectivity index (χ1) is 12.0. The molecule has 0 amide bonds. The van der Waals surface area contributed by atoms with E-state index >= 15 is 0 Å². The number of ether oxygens (including phenoxy) is 4. The molecule has 2 rings (SSSR count). The SMILES string of the molecule is COc1cc(/C=C\c2ccc(OC(F)F)c(N)c2)cc(OC)c1OC. The number of anilines is 1. The molecular formula is C18H19F2NO4. The van der Waals surface area contributed by atoms with Crippen molar-refractivity contribution in [2.75, 3.05) is 27.1 Å². The Hall–Kier alpha value is -2.96. The van der Waals surface area contributed by atoms with Gasteiger partial charge in [0.05, 0.1) is 27.0 Å². The first kappa shape index (κ1) is 18.4. The first-order valence-electron chi connectivity index (χ1n) is 7.31. The molecule has 0 aromatic heterocycles. The summed E-state index contributed by atoms with van der Waals surface area (Å²) in [5.74, 6) is 1.50. The third kappa shape index (κ3) is 4.53. The lowest BCUT2D eigenvalue weighted by molar-refractivity contribution is -0.0493. The van der Waals surface area contributed by atoms with Gasteiger partial charge < -0.3 is 24.7 Å². The second-order valence-electron chi connectivity index (χ2n) is 4.97. The van der Waals surface area contributed by atoms with Gasteiger partial charge in [0.2, 0.25) is 5.75 Å². The number of hydrogen-bond acceptors (Lipinski definition) is 5. The molecule has 0 spiro atoms. The van der Waals surface area contributed by atoms with Gasteiger partial charge in [0.1, 0.15) is 5.75 Å². The molecule has 0 radical (unpaired) electrons. The Morgan fingerprint density at radius 1 is 0.840 bits per heavy atom. The highest BCUT2D eigenvalue weighted by Crippen LogP contribution is 2.38. The van der Waals surface area contributed by atoms with E-state index in [0.717, 1.165) is 11.1 Å². The average Bonchev–Trinajstić information content (AvgIpc) is 2.60. The molecule has 0 atom stereocenters. The van der Waals surface area contributed by atoms with Crippen LogP contribution in [0.2, 0.25) is 0 Å². The van der Waals surface area contributed by atoms with Crippen LogP contribution < -0.4 is 24.7 Å². The van der Waals surface area contributed by atoms with Gasteiger partial charge in [0.25, 0.3) is 0 Å². The summed E-state index contributed by atoms with van der Waals surface area (Å²) < 4.78 is 44.7. The second kappa shape index (κ2) is 8.23. The van der Waals surface area contributed by atoms with Crippen molar-refractivity contribution >= 4 is 17.8 Å². The van der Waals surface area contributed by atoms with Crippen LogP contribution in [0.25, 0.3) is 12.2 Å². The summed E-state index contributed by atoms with van der Waals surface area (Å²) in [5.41, 5.74) is 7.39. The molecule has 0 aliphatic rings. The molecule has 0 aliphatic heterocycles. The molecule has 0 aliphatic carbocycles. The molecule has 2 N–H and O–H groups in total. The highest BCUT2D eigenvalue weighted by atomic mass is 19.3. The Labute approximate surface area is 144 Å². The molecular weight excluding hydrogens is 332 g/mol. The predicted molar refractivity (Wildman–Crippen MR) is 92.5 cm³/mol. The monoisotopic (exact) mass is 351 g/mol. The largest absolute Gasteiger partial charge is 0.493 e. The molecule has 2 aromatic rings. The fraction of sp³-hybridized carbons (Fsp3) is 0.222. The summed E-state index contributed by atoms with van der Waals surface area (Å²) in [7, 11) is 4.60. The fourth-order valence-corrected chi connectivity index (χ4v) is 2.26. The number of nitrogen functional groups attached to an aromatic ring is 1. The van der Waals surface area contributed by atoms with Crippen molar-refractivity contribution in [1.29, 1.82) is 0 Å². The van der Waals surface area contributed by atoms with Crippen LogP contribution in [0.1, 0.15) is 11.1 Å². The first-order valence-corrected chi connectivity index (χ1v) is 7.31. The van der Waals surface area contributed by atoms with E-state index in [9.17, 15) is 8.78 Å². The maximum Gasteiger partial charge on any atom is 0.387 e. The molecule has 134 valence electrons. The number of nitrogens with two attached hydrogens (primary N) is 1. The van der Waals surface area contributed by atoms with Crippen LogP contribution in [0.5, 0.6) is 23.0 Å². The zero-order chi connectivity index (χ0) is 18.4. The van der Waals surface area contributed by atoms with Gasteiger partial charge in [0.15, 0.2) is 11.5 Å². The van der Waals surface area contributed by atoms with Crippen LogP contribution in [0.3, 0.4) is 0 Å². The van der Waals surface area contributed by atoms with Gasteiger partial charge in [-0.3, -0.25) is 0 Å². The quantitative estimate of drug-likeness (QED) is 0.602. The summed E-state index contributed by atoms with van der Waals surface area (Å²) in [6.45, 7) is -2.91. The van der Waals surface area contributed by atoms with Crippen molar-refractivity contribution in [1.82, 2.24) is 0 Å². The lowest BCUT2D eigenvalue weighted by Gasteiger charge is -2.12. The van der Waals surface area contributed by atoms with Gasteiger partial charge >= 0.3 is 6.61 Å². The van der Waals surface area contributed by atoms with E-state index in [2.05, 4.69) is 4.74 Å².